The minimum atomic E-state index is 0.592. The summed E-state index contributed by atoms with van der Waals surface area (Å²) in [5, 5.41) is 7.73. The van der Waals surface area contributed by atoms with Crippen molar-refractivity contribution in [2.75, 3.05) is 12.8 Å². The zero-order valence-electron chi connectivity index (χ0n) is 9.93. The summed E-state index contributed by atoms with van der Waals surface area (Å²) in [7, 11) is 1.60. The maximum atomic E-state index is 5.83. The van der Waals surface area contributed by atoms with Crippen molar-refractivity contribution >= 4 is 5.69 Å². The zero-order valence-corrected chi connectivity index (χ0v) is 9.93. The van der Waals surface area contributed by atoms with Crippen LogP contribution in [0.1, 0.15) is 17.3 Å². The molecule has 5 nitrogen and oxygen atoms in total. The Morgan fingerprint density at radius 2 is 2.12 bits per heavy atom. The lowest BCUT2D eigenvalue weighted by Gasteiger charge is -2.06. The van der Waals surface area contributed by atoms with Gasteiger partial charge in [0, 0.05) is 13.3 Å². The highest BCUT2D eigenvalue weighted by Crippen LogP contribution is 2.22. The van der Waals surface area contributed by atoms with E-state index < -0.39 is 0 Å². The molecule has 1 aromatic carbocycles. The number of benzene rings is 1. The van der Waals surface area contributed by atoms with Gasteiger partial charge in [-0.25, -0.2) is 0 Å². The second-order valence-corrected chi connectivity index (χ2v) is 3.79. The van der Waals surface area contributed by atoms with E-state index in [1.165, 1.54) is 0 Å². The highest BCUT2D eigenvalue weighted by atomic mass is 16.5. The van der Waals surface area contributed by atoms with E-state index in [9.17, 15) is 0 Å². The fraction of sp³-hybridized carbons (Fsp3) is 0.333. The van der Waals surface area contributed by atoms with Gasteiger partial charge in [-0.3, -0.25) is 0 Å². The molecule has 1 heterocycles. The first-order valence-corrected chi connectivity index (χ1v) is 5.40. The lowest BCUT2D eigenvalue weighted by molar-refractivity contribution is 0.417. The average molecular weight is 233 g/mol. The number of rotatable bonds is 4. The number of nitrogen functional groups attached to an aromatic ring is 1. The molecule has 2 N–H and O–H groups in total. The third kappa shape index (κ3) is 2.75. The summed E-state index contributed by atoms with van der Waals surface area (Å²) in [4.78, 5) is 0. The van der Waals surface area contributed by atoms with Crippen LogP contribution in [0.4, 0.5) is 5.69 Å². The van der Waals surface area contributed by atoms with Gasteiger partial charge in [0.1, 0.15) is 5.75 Å². The van der Waals surface area contributed by atoms with Crippen LogP contribution in [0.5, 0.6) is 5.75 Å². The molecule has 0 fully saturated rings. The fourth-order valence-corrected chi connectivity index (χ4v) is 1.63. The number of methoxy groups -OCH3 is 1. The molecular formula is C12H15N3O2. The van der Waals surface area contributed by atoms with E-state index in [2.05, 4.69) is 10.2 Å². The van der Waals surface area contributed by atoms with E-state index in [0.29, 0.717) is 29.6 Å². The van der Waals surface area contributed by atoms with Gasteiger partial charge in [-0.1, -0.05) is 6.07 Å². The van der Waals surface area contributed by atoms with Gasteiger partial charge in [0.05, 0.1) is 12.8 Å². The molecule has 1 aromatic heterocycles. The molecule has 0 atom stereocenters. The Bertz CT molecular complexity index is 508. The van der Waals surface area contributed by atoms with Gasteiger partial charge in [0.2, 0.25) is 11.8 Å². The molecule has 0 aliphatic rings. The smallest absolute Gasteiger partial charge is 0.216 e. The molecule has 0 saturated heterocycles. The SMILES string of the molecule is COc1ccc(CCc2nnc(C)o2)cc1N. The van der Waals surface area contributed by atoms with E-state index in [-0.39, 0.29) is 0 Å². The van der Waals surface area contributed by atoms with Gasteiger partial charge in [0.25, 0.3) is 0 Å². The van der Waals surface area contributed by atoms with Crippen molar-refractivity contribution in [3.63, 3.8) is 0 Å². The van der Waals surface area contributed by atoms with Crippen LogP contribution in [0, 0.1) is 6.92 Å². The normalized spacial score (nSPS) is 10.5. The predicted octanol–water partition coefficient (Wildman–Crippen LogP) is 1.75. The van der Waals surface area contributed by atoms with Crippen molar-refractivity contribution in [3.8, 4) is 5.75 Å². The number of aryl methyl sites for hydroxylation is 3. The number of aromatic nitrogens is 2. The Kier molecular flexibility index (Phi) is 3.27. The van der Waals surface area contributed by atoms with Crippen molar-refractivity contribution in [3.05, 3.63) is 35.5 Å². The number of nitrogens with two attached hydrogens (primary N) is 1. The van der Waals surface area contributed by atoms with Crippen molar-refractivity contribution in [1.82, 2.24) is 10.2 Å². The van der Waals surface area contributed by atoms with Crippen LogP contribution in [0.2, 0.25) is 0 Å². The predicted molar refractivity (Wildman–Crippen MR) is 63.8 cm³/mol. The summed E-state index contributed by atoms with van der Waals surface area (Å²) >= 11 is 0. The number of ether oxygens (including phenoxy) is 1. The van der Waals surface area contributed by atoms with E-state index in [1.54, 1.807) is 14.0 Å². The molecule has 2 rings (SSSR count). The van der Waals surface area contributed by atoms with Crippen LogP contribution in [0.25, 0.3) is 0 Å². The van der Waals surface area contributed by atoms with Crippen LogP contribution in [-0.4, -0.2) is 17.3 Å². The summed E-state index contributed by atoms with van der Waals surface area (Å²) in [6.07, 6.45) is 1.53. The fourth-order valence-electron chi connectivity index (χ4n) is 1.63. The topological polar surface area (TPSA) is 74.2 Å². The second-order valence-electron chi connectivity index (χ2n) is 3.79. The maximum absolute atomic E-state index is 5.83. The average Bonchev–Trinajstić information content (AvgIpc) is 2.73. The molecular weight excluding hydrogens is 218 g/mol. The Morgan fingerprint density at radius 3 is 2.71 bits per heavy atom. The summed E-state index contributed by atoms with van der Waals surface area (Å²) in [5.41, 5.74) is 7.60. The van der Waals surface area contributed by atoms with E-state index >= 15 is 0 Å². The summed E-state index contributed by atoms with van der Waals surface area (Å²) in [6.45, 7) is 1.78. The van der Waals surface area contributed by atoms with Crippen LogP contribution >= 0.6 is 0 Å². The van der Waals surface area contributed by atoms with Gasteiger partial charge in [-0.05, 0) is 24.1 Å². The van der Waals surface area contributed by atoms with Gasteiger partial charge < -0.3 is 14.9 Å². The van der Waals surface area contributed by atoms with Crippen molar-refractivity contribution in [1.29, 1.82) is 0 Å². The van der Waals surface area contributed by atoms with Crippen molar-refractivity contribution in [2.45, 2.75) is 19.8 Å². The van der Waals surface area contributed by atoms with Crippen molar-refractivity contribution < 1.29 is 9.15 Å². The quantitative estimate of drug-likeness (QED) is 0.814. The number of hydrogen-bond acceptors (Lipinski definition) is 5. The Labute approximate surface area is 99.6 Å². The lowest BCUT2D eigenvalue weighted by Crippen LogP contribution is -1.96. The number of hydrogen-bond donors (Lipinski definition) is 1. The number of nitrogens with zero attached hydrogens (tertiary/aromatic N) is 2. The Hall–Kier alpha value is -2.04. The minimum absolute atomic E-state index is 0.592. The Balaban J connectivity index is 2.02. The molecule has 2 aromatic rings. The standard InChI is InChI=1S/C12H15N3O2/c1-8-14-15-12(17-8)6-4-9-3-5-11(16-2)10(13)7-9/h3,5,7H,4,6,13H2,1-2H3. The third-order valence-electron chi connectivity index (χ3n) is 2.49. The van der Waals surface area contributed by atoms with E-state index in [1.807, 2.05) is 18.2 Å². The van der Waals surface area contributed by atoms with Crippen LogP contribution in [-0.2, 0) is 12.8 Å². The summed E-state index contributed by atoms with van der Waals surface area (Å²) < 4.78 is 10.4. The van der Waals surface area contributed by atoms with Crippen molar-refractivity contribution in [2.24, 2.45) is 0 Å². The molecule has 0 radical (unpaired) electrons. The largest absolute Gasteiger partial charge is 0.495 e. The molecule has 0 aliphatic heterocycles. The third-order valence-corrected chi connectivity index (χ3v) is 2.49. The molecule has 0 aliphatic carbocycles. The molecule has 0 unspecified atom stereocenters. The van der Waals surface area contributed by atoms with Gasteiger partial charge >= 0.3 is 0 Å². The monoisotopic (exact) mass is 233 g/mol. The zero-order chi connectivity index (χ0) is 12.3. The van der Waals surface area contributed by atoms with E-state index in [0.717, 1.165) is 12.0 Å². The first kappa shape index (κ1) is 11.4. The molecule has 90 valence electrons. The first-order valence-electron chi connectivity index (χ1n) is 5.40. The van der Waals surface area contributed by atoms with Crippen LogP contribution in [0.15, 0.2) is 22.6 Å². The molecule has 0 amide bonds. The summed E-state index contributed by atoms with van der Waals surface area (Å²) in [5.74, 6) is 1.94. The molecule has 0 bridgehead atoms. The maximum Gasteiger partial charge on any atom is 0.216 e. The van der Waals surface area contributed by atoms with Gasteiger partial charge in [-0.15, -0.1) is 10.2 Å². The highest BCUT2D eigenvalue weighted by Gasteiger charge is 2.05. The van der Waals surface area contributed by atoms with E-state index in [4.69, 9.17) is 14.9 Å². The first-order chi connectivity index (χ1) is 8.19. The second kappa shape index (κ2) is 4.86. The van der Waals surface area contributed by atoms with Gasteiger partial charge in [0.15, 0.2) is 0 Å². The number of anilines is 1. The van der Waals surface area contributed by atoms with Crippen LogP contribution in [0.3, 0.4) is 0 Å². The molecule has 0 spiro atoms. The summed E-state index contributed by atoms with van der Waals surface area (Å²) in [6, 6.07) is 5.75. The lowest BCUT2D eigenvalue weighted by atomic mass is 10.1. The Morgan fingerprint density at radius 1 is 1.29 bits per heavy atom. The van der Waals surface area contributed by atoms with Gasteiger partial charge in [-0.2, -0.15) is 0 Å². The molecule has 0 saturated carbocycles. The minimum Gasteiger partial charge on any atom is -0.495 e. The highest BCUT2D eigenvalue weighted by molar-refractivity contribution is 5.54. The molecule has 5 heteroatoms. The van der Waals surface area contributed by atoms with Crippen LogP contribution < -0.4 is 10.5 Å². The molecule has 17 heavy (non-hydrogen) atoms.